The predicted molar refractivity (Wildman–Crippen MR) is 80.5 cm³/mol. The molecule has 3 rings (SSSR count). The first kappa shape index (κ1) is 13.4. The Hall–Kier alpha value is -1.63. The van der Waals surface area contributed by atoms with Crippen molar-refractivity contribution in [2.24, 2.45) is 5.16 Å². The molecule has 104 valence electrons. The van der Waals surface area contributed by atoms with Crippen LogP contribution in [-0.2, 0) is 15.9 Å². The summed E-state index contributed by atoms with van der Waals surface area (Å²) >= 11 is 5.83. The van der Waals surface area contributed by atoms with Crippen molar-refractivity contribution in [3.8, 4) is 0 Å². The van der Waals surface area contributed by atoms with Crippen LogP contribution < -0.4 is 4.72 Å². The number of anilines is 1. The normalized spacial score (nSPS) is 22.6. The Morgan fingerprint density at radius 3 is 2.90 bits per heavy atom. The lowest BCUT2D eigenvalue weighted by Gasteiger charge is -2.21. The van der Waals surface area contributed by atoms with E-state index < -0.39 is 11.0 Å². The summed E-state index contributed by atoms with van der Waals surface area (Å²) in [5, 5.41) is 6.14. The van der Waals surface area contributed by atoms with E-state index >= 15 is 0 Å². The second kappa shape index (κ2) is 5.40. The van der Waals surface area contributed by atoms with Gasteiger partial charge in [-0.25, -0.2) is 4.21 Å². The number of hydrogen-bond acceptors (Lipinski definition) is 4. The smallest absolute Gasteiger partial charge is 0.148 e. The van der Waals surface area contributed by atoms with Crippen LogP contribution in [0.2, 0.25) is 5.02 Å². The summed E-state index contributed by atoms with van der Waals surface area (Å²) in [5.41, 5.74) is 1.49. The molecule has 1 aromatic rings. The first-order valence-corrected chi connectivity index (χ1v) is 7.48. The lowest BCUT2D eigenvalue weighted by Crippen LogP contribution is -2.36. The van der Waals surface area contributed by atoms with E-state index in [4.69, 9.17) is 16.5 Å². The molecule has 0 aromatic heterocycles. The van der Waals surface area contributed by atoms with Crippen molar-refractivity contribution in [2.45, 2.75) is 6.04 Å². The van der Waals surface area contributed by atoms with Crippen molar-refractivity contribution >= 4 is 34.0 Å². The van der Waals surface area contributed by atoms with Gasteiger partial charge in [0.2, 0.25) is 0 Å². The van der Waals surface area contributed by atoms with Gasteiger partial charge in [0.25, 0.3) is 0 Å². The number of benzene rings is 1. The second-order valence-corrected chi connectivity index (χ2v) is 6.00. The maximum atomic E-state index is 12.5. The maximum absolute atomic E-state index is 12.5. The van der Waals surface area contributed by atoms with Gasteiger partial charge in [-0.3, -0.25) is 4.94 Å². The highest BCUT2D eigenvalue weighted by atomic mass is 35.5. The Balaban J connectivity index is 1.80. The van der Waals surface area contributed by atoms with Crippen LogP contribution in [0, 0.1) is 0 Å². The summed E-state index contributed by atoms with van der Waals surface area (Å²) in [6.07, 6.45) is 5.47. The number of halogens is 1. The number of hydroxylamine groups is 2. The van der Waals surface area contributed by atoms with E-state index in [9.17, 15) is 4.21 Å². The molecule has 0 saturated heterocycles. The fourth-order valence-corrected chi connectivity index (χ4v) is 3.29. The number of fused-ring (bicyclic) bond motifs is 1. The minimum atomic E-state index is -1.38. The summed E-state index contributed by atoms with van der Waals surface area (Å²) in [4.78, 5) is 5.79. The SMILES string of the molecule is CN1ON=C2C=CC=C(S(=O)Nc3ccc(Cl)cc3)C21. The fraction of sp³-hybridized carbons (Fsp3) is 0.154. The zero-order valence-electron chi connectivity index (χ0n) is 10.6. The van der Waals surface area contributed by atoms with Gasteiger partial charge >= 0.3 is 0 Å². The van der Waals surface area contributed by atoms with Gasteiger partial charge in [-0.05, 0) is 36.4 Å². The standard InChI is InChI=1S/C13H12ClN3O2S/c1-17-13-11(15-19-17)3-2-4-12(13)20(18)16-10-7-5-9(14)6-8-10/h2-8,13,16H,1H3. The van der Waals surface area contributed by atoms with E-state index in [-0.39, 0.29) is 6.04 Å². The number of hydrogen-bond donors (Lipinski definition) is 1. The second-order valence-electron chi connectivity index (χ2n) is 4.35. The Labute approximate surface area is 124 Å². The zero-order valence-corrected chi connectivity index (χ0v) is 12.2. The lowest BCUT2D eigenvalue weighted by molar-refractivity contribution is -0.123. The van der Waals surface area contributed by atoms with Crippen molar-refractivity contribution in [3.63, 3.8) is 0 Å². The molecule has 0 bridgehead atoms. The van der Waals surface area contributed by atoms with Crippen LogP contribution in [0.5, 0.6) is 0 Å². The third-order valence-corrected chi connectivity index (χ3v) is 4.45. The van der Waals surface area contributed by atoms with E-state index in [2.05, 4.69) is 9.88 Å². The van der Waals surface area contributed by atoms with Crippen molar-refractivity contribution in [3.05, 3.63) is 52.4 Å². The summed E-state index contributed by atoms with van der Waals surface area (Å²) in [5.74, 6) is 0. The highest BCUT2D eigenvalue weighted by Crippen LogP contribution is 2.25. The zero-order chi connectivity index (χ0) is 14.1. The van der Waals surface area contributed by atoms with Crippen LogP contribution in [0.15, 0.2) is 52.6 Å². The molecular weight excluding hydrogens is 298 g/mol. The molecule has 1 N–H and O–H groups in total. The van der Waals surface area contributed by atoms with E-state index in [1.807, 2.05) is 18.2 Å². The third-order valence-electron chi connectivity index (χ3n) is 2.98. The van der Waals surface area contributed by atoms with Crippen molar-refractivity contribution in [2.75, 3.05) is 11.8 Å². The number of likely N-dealkylation sites (N-methyl/N-ethyl adjacent to an activating group) is 1. The molecule has 0 saturated carbocycles. The van der Waals surface area contributed by atoms with Gasteiger partial charge in [0.05, 0.1) is 4.91 Å². The molecule has 0 spiro atoms. The number of nitrogens with zero attached hydrogens (tertiary/aromatic N) is 2. The van der Waals surface area contributed by atoms with Gasteiger partial charge in [-0.15, -0.1) is 5.06 Å². The van der Waals surface area contributed by atoms with Crippen LogP contribution in [0.25, 0.3) is 0 Å². The first-order valence-electron chi connectivity index (χ1n) is 5.95. The molecule has 1 aliphatic carbocycles. The molecule has 1 aromatic carbocycles. The Morgan fingerprint density at radius 1 is 1.40 bits per heavy atom. The Morgan fingerprint density at radius 2 is 2.15 bits per heavy atom. The Kier molecular flexibility index (Phi) is 3.60. The van der Waals surface area contributed by atoms with E-state index in [0.717, 1.165) is 11.4 Å². The largest absolute Gasteiger partial charge is 0.301 e. The number of rotatable bonds is 3. The molecule has 2 unspecified atom stereocenters. The molecular formula is C13H12ClN3O2S. The molecule has 0 radical (unpaired) electrons. The molecule has 2 atom stereocenters. The fourth-order valence-electron chi connectivity index (χ4n) is 2.02. The molecule has 1 heterocycles. The quantitative estimate of drug-likeness (QED) is 0.933. The van der Waals surface area contributed by atoms with Crippen LogP contribution in [0.4, 0.5) is 5.69 Å². The van der Waals surface area contributed by atoms with Gasteiger partial charge < -0.3 is 4.72 Å². The number of allylic oxidation sites excluding steroid dienone is 2. The van der Waals surface area contributed by atoms with Crippen LogP contribution >= 0.6 is 11.6 Å². The monoisotopic (exact) mass is 309 g/mol. The van der Waals surface area contributed by atoms with E-state index in [1.165, 1.54) is 0 Å². The summed E-state index contributed by atoms with van der Waals surface area (Å²) in [7, 11) is 0.376. The van der Waals surface area contributed by atoms with Gasteiger partial charge in [0.1, 0.15) is 22.7 Å². The number of nitrogens with one attached hydrogen (secondary N) is 1. The van der Waals surface area contributed by atoms with Gasteiger partial charge in [-0.1, -0.05) is 22.8 Å². The van der Waals surface area contributed by atoms with Gasteiger partial charge in [-0.2, -0.15) is 0 Å². The summed E-state index contributed by atoms with van der Waals surface area (Å²) in [6, 6.07) is 6.83. The average molecular weight is 310 g/mol. The maximum Gasteiger partial charge on any atom is 0.148 e. The number of oxime groups is 1. The van der Waals surface area contributed by atoms with Gasteiger partial charge in [0.15, 0.2) is 0 Å². The third kappa shape index (κ3) is 2.49. The highest BCUT2D eigenvalue weighted by molar-refractivity contribution is 7.90. The van der Waals surface area contributed by atoms with Crippen LogP contribution in [-0.4, -0.2) is 28.1 Å². The Bertz CT molecular complexity index is 640. The average Bonchev–Trinajstić information content (AvgIpc) is 2.83. The van der Waals surface area contributed by atoms with E-state index in [1.54, 1.807) is 36.4 Å². The molecule has 20 heavy (non-hydrogen) atoms. The summed E-state index contributed by atoms with van der Waals surface area (Å²) in [6.45, 7) is 0. The minimum absolute atomic E-state index is 0.222. The van der Waals surface area contributed by atoms with Crippen molar-refractivity contribution in [1.82, 2.24) is 5.06 Å². The highest BCUT2D eigenvalue weighted by Gasteiger charge is 2.35. The first-order chi connectivity index (χ1) is 9.65. The van der Waals surface area contributed by atoms with Crippen LogP contribution in [0.3, 0.4) is 0 Å². The molecule has 5 nitrogen and oxygen atoms in total. The van der Waals surface area contributed by atoms with E-state index in [0.29, 0.717) is 9.93 Å². The lowest BCUT2D eigenvalue weighted by atomic mass is 10.1. The van der Waals surface area contributed by atoms with Gasteiger partial charge in [0, 0.05) is 17.8 Å². The minimum Gasteiger partial charge on any atom is -0.301 e. The molecule has 2 aliphatic rings. The predicted octanol–water partition coefficient (Wildman–Crippen LogP) is 2.47. The molecule has 0 fully saturated rings. The molecule has 0 amide bonds. The summed E-state index contributed by atoms with van der Waals surface area (Å²) < 4.78 is 15.4. The van der Waals surface area contributed by atoms with Crippen LogP contribution in [0.1, 0.15) is 0 Å². The van der Waals surface area contributed by atoms with Crippen molar-refractivity contribution < 1.29 is 9.15 Å². The molecule has 1 aliphatic heterocycles. The van der Waals surface area contributed by atoms with Crippen molar-refractivity contribution in [1.29, 1.82) is 0 Å². The topological polar surface area (TPSA) is 53.9 Å². The molecule has 7 heteroatoms.